The highest BCUT2D eigenvalue weighted by molar-refractivity contribution is 7.13. The third kappa shape index (κ3) is 3.45. The summed E-state index contributed by atoms with van der Waals surface area (Å²) in [4.78, 5) is 16.6. The van der Waals surface area contributed by atoms with Crippen molar-refractivity contribution in [2.45, 2.75) is 12.0 Å². The highest BCUT2D eigenvalue weighted by Crippen LogP contribution is 2.35. The molecule has 0 saturated carbocycles. The van der Waals surface area contributed by atoms with E-state index < -0.39 is 17.7 Å². The van der Waals surface area contributed by atoms with Crippen LogP contribution in [0.25, 0.3) is 0 Å². The first-order chi connectivity index (χ1) is 12.9. The fraction of sp³-hybridized carbons (Fsp3) is 0.333. The summed E-state index contributed by atoms with van der Waals surface area (Å²) in [5.41, 5.74) is 6.56. The molecule has 8 nitrogen and oxygen atoms in total. The van der Waals surface area contributed by atoms with E-state index in [9.17, 15) is 13.2 Å². The lowest BCUT2D eigenvalue weighted by atomic mass is 9.98. The number of thiazole rings is 1. The van der Waals surface area contributed by atoms with Crippen molar-refractivity contribution in [3.8, 4) is 0 Å². The fourth-order valence-electron chi connectivity index (χ4n) is 2.67. The standard InChI is InChI=1S/C15H14F3N7OS/c16-14(17,18)10-3-1-2-9(21-10)12-22-13(19)25-15(24-12,8-5-26-6-8)23-11-4-20-7-27-11/h1-4,7-8,23H,5-6H2,(H3,19,22,24,25). The molecular formula is C15H14F3N7OS. The number of guanidine groups is 1. The zero-order valence-corrected chi connectivity index (χ0v) is 14.5. The highest BCUT2D eigenvalue weighted by atomic mass is 32.1. The Bertz CT molecular complexity index is 895. The molecule has 142 valence electrons. The van der Waals surface area contributed by atoms with Gasteiger partial charge in [0.1, 0.15) is 16.4 Å². The van der Waals surface area contributed by atoms with Crippen LogP contribution in [0.3, 0.4) is 0 Å². The predicted molar refractivity (Wildman–Crippen MR) is 93.3 cm³/mol. The van der Waals surface area contributed by atoms with Crippen LogP contribution >= 0.6 is 11.3 Å². The number of rotatable bonds is 4. The Morgan fingerprint density at radius 2 is 2.11 bits per heavy atom. The molecule has 4 N–H and O–H groups in total. The van der Waals surface area contributed by atoms with Gasteiger partial charge < -0.3 is 21.1 Å². The molecule has 0 aliphatic carbocycles. The van der Waals surface area contributed by atoms with Gasteiger partial charge >= 0.3 is 6.18 Å². The summed E-state index contributed by atoms with van der Waals surface area (Å²) in [6, 6.07) is 3.59. The van der Waals surface area contributed by atoms with Gasteiger partial charge in [0.25, 0.3) is 0 Å². The van der Waals surface area contributed by atoms with E-state index in [0.29, 0.717) is 18.2 Å². The van der Waals surface area contributed by atoms with Gasteiger partial charge in [-0.25, -0.2) is 15.0 Å². The number of aliphatic imine (C=N–C) groups is 2. The summed E-state index contributed by atoms with van der Waals surface area (Å²) in [5.74, 6) is -1.26. The second-order valence-electron chi connectivity index (χ2n) is 5.94. The van der Waals surface area contributed by atoms with Crippen molar-refractivity contribution < 1.29 is 17.9 Å². The normalized spacial score (nSPS) is 23.1. The van der Waals surface area contributed by atoms with Gasteiger partial charge in [0.15, 0.2) is 11.8 Å². The van der Waals surface area contributed by atoms with Crippen LogP contribution in [-0.4, -0.2) is 40.8 Å². The smallest absolute Gasteiger partial charge is 0.380 e. The summed E-state index contributed by atoms with van der Waals surface area (Å²) in [6.07, 6.45) is -2.96. The van der Waals surface area contributed by atoms with Crippen molar-refractivity contribution in [1.29, 1.82) is 0 Å². The number of ether oxygens (including phenoxy) is 1. The Labute approximate surface area is 155 Å². The molecule has 12 heteroatoms. The molecule has 4 rings (SSSR count). The molecule has 0 bridgehead atoms. The van der Waals surface area contributed by atoms with Gasteiger partial charge in [0.05, 0.1) is 30.8 Å². The number of halogens is 3. The van der Waals surface area contributed by atoms with Crippen molar-refractivity contribution in [2.24, 2.45) is 21.6 Å². The lowest BCUT2D eigenvalue weighted by molar-refractivity contribution is -0.141. The Kier molecular flexibility index (Phi) is 4.23. The topological polar surface area (TPSA) is 110 Å². The Balaban J connectivity index is 1.76. The molecule has 0 spiro atoms. The van der Waals surface area contributed by atoms with E-state index >= 15 is 0 Å². The second kappa shape index (κ2) is 6.46. The number of anilines is 1. The van der Waals surface area contributed by atoms with Gasteiger partial charge in [-0.2, -0.15) is 13.2 Å². The molecule has 2 aromatic rings. The third-order valence-electron chi connectivity index (χ3n) is 4.05. The van der Waals surface area contributed by atoms with Gasteiger partial charge in [-0.15, -0.1) is 11.3 Å². The largest absolute Gasteiger partial charge is 0.433 e. The van der Waals surface area contributed by atoms with Gasteiger partial charge in [0, 0.05) is 0 Å². The van der Waals surface area contributed by atoms with E-state index in [2.05, 4.69) is 30.6 Å². The molecule has 2 aliphatic heterocycles. The van der Waals surface area contributed by atoms with E-state index in [4.69, 9.17) is 10.5 Å². The Morgan fingerprint density at radius 3 is 2.74 bits per heavy atom. The molecule has 2 aliphatic rings. The number of pyridine rings is 1. The molecule has 1 unspecified atom stereocenters. The fourth-order valence-corrected chi connectivity index (χ4v) is 3.24. The Hall–Kier alpha value is -2.73. The maximum Gasteiger partial charge on any atom is 0.433 e. The zero-order chi connectivity index (χ0) is 19.1. The lowest BCUT2D eigenvalue weighted by Crippen LogP contribution is -2.57. The van der Waals surface area contributed by atoms with Crippen molar-refractivity contribution >= 4 is 28.1 Å². The van der Waals surface area contributed by atoms with Crippen LogP contribution < -0.4 is 16.4 Å². The van der Waals surface area contributed by atoms with Crippen LogP contribution in [0.2, 0.25) is 0 Å². The number of amidine groups is 1. The SMILES string of the molecule is NC1=NC(Nc2cncs2)(C2COC2)N=C(c2cccc(C(F)(F)F)n2)N1. The number of nitrogens with one attached hydrogen (secondary N) is 2. The minimum Gasteiger partial charge on any atom is -0.380 e. The number of nitrogens with zero attached hydrogens (tertiary/aromatic N) is 4. The average molecular weight is 397 g/mol. The third-order valence-corrected chi connectivity index (χ3v) is 4.74. The molecule has 0 radical (unpaired) electrons. The van der Waals surface area contributed by atoms with Crippen LogP contribution in [0.5, 0.6) is 0 Å². The quantitative estimate of drug-likeness (QED) is 0.724. The molecule has 0 aromatic carbocycles. The summed E-state index contributed by atoms with van der Waals surface area (Å²) < 4.78 is 44.3. The number of alkyl halides is 3. The molecule has 4 heterocycles. The minimum atomic E-state index is -4.56. The van der Waals surface area contributed by atoms with Crippen molar-refractivity contribution in [2.75, 3.05) is 18.5 Å². The predicted octanol–water partition coefficient (Wildman–Crippen LogP) is 1.63. The number of hydrogen-bond acceptors (Lipinski definition) is 9. The van der Waals surface area contributed by atoms with E-state index in [0.717, 1.165) is 6.07 Å². The first-order valence-electron chi connectivity index (χ1n) is 7.87. The van der Waals surface area contributed by atoms with Gasteiger partial charge in [-0.1, -0.05) is 6.07 Å². The lowest BCUT2D eigenvalue weighted by Gasteiger charge is -2.41. The molecule has 1 saturated heterocycles. The summed E-state index contributed by atoms with van der Waals surface area (Å²) >= 11 is 1.34. The van der Waals surface area contributed by atoms with Gasteiger partial charge in [-0.3, -0.25) is 4.98 Å². The maximum absolute atomic E-state index is 13.0. The number of aromatic nitrogens is 2. The minimum absolute atomic E-state index is 0.0124. The van der Waals surface area contributed by atoms with E-state index in [-0.39, 0.29) is 23.4 Å². The first-order valence-corrected chi connectivity index (χ1v) is 8.75. The molecule has 0 amide bonds. The molecule has 2 aromatic heterocycles. The van der Waals surface area contributed by atoms with Crippen LogP contribution in [0.4, 0.5) is 18.2 Å². The van der Waals surface area contributed by atoms with Crippen molar-refractivity contribution in [1.82, 2.24) is 15.3 Å². The molecule has 1 atom stereocenters. The maximum atomic E-state index is 13.0. The molecule has 27 heavy (non-hydrogen) atoms. The highest BCUT2D eigenvalue weighted by Gasteiger charge is 2.46. The van der Waals surface area contributed by atoms with Crippen LogP contribution in [0, 0.1) is 5.92 Å². The average Bonchev–Trinajstić information content (AvgIpc) is 3.04. The van der Waals surface area contributed by atoms with Crippen LogP contribution in [-0.2, 0) is 10.9 Å². The van der Waals surface area contributed by atoms with Gasteiger partial charge in [-0.05, 0) is 12.1 Å². The van der Waals surface area contributed by atoms with E-state index in [1.165, 1.54) is 23.5 Å². The van der Waals surface area contributed by atoms with Gasteiger partial charge in [0.2, 0.25) is 5.79 Å². The second-order valence-corrected chi connectivity index (χ2v) is 6.83. The van der Waals surface area contributed by atoms with Crippen LogP contribution in [0.1, 0.15) is 11.4 Å². The van der Waals surface area contributed by atoms with E-state index in [1.807, 2.05) is 0 Å². The summed E-state index contributed by atoms with van der Waals surface area (Å²) in [6.45, 7) is 0.769. The first kappa shape index (κ1) is 17.7. The summed E-state index contributed by atoms with van der Waals surface area (Å²) in [5, 5.41) is 6.58. The number of nitrogens with two attached hydrogens (primary N) is 1. The summed E-state index contributed by atoms with van der Waals surface area (Å²) in [7, 11) is 0. The monoisotopic (exact) mass is 397 g/mol. The van der Waals surface area contributed by atoms with Crippen LogP contribution in [0.15, 0.2) is 39.9 Å². The molecular weight excluding hydrogens is 383 g/mol. The Morgan fingerprint density at radius 1 is 1.30 bits per heavy atom. The number of hydrogen-bond donors (Lipinski definition) is 3. The molecule has 1 fully saturated rings. The van der Waals surface area contributed by atoms with Crippen molar-refractivity contribution in [3.63, 3.8) is 0 Å². The zero-order valence-electron chi connectivity index (χ0n) is 13.7. The van der Waals surface area contributed by atoms with Crippen molar-refractivity contribution in [3.05, 3.63) is 41.3 Å². The van der Waals surface area contributed by atoms with E-state index in [1.54, 1.807) is 11.7 Å².